The molecule has 34 heavy (non-hydrogen) atoms. The Morgan fingerprint density at radius 3 is 2.35 bits per heavy atom. The predicted molar refractivity (Wildman–Crippen MR) is 126 cm³/mol. The van der Waals surface area contributed by atoms with E-state index in [1.165, 1.54) is 18.2 Å². The largest absolute Gasteiger partial charge is 0.400 e. The summed E-state index contributed by atoms with van der Waals surface area (Å²) < 4.78 is 65.4. The highest BCUT2D eigenvalue weighted by Crippen LogP contribution is 2.48. The van der Waals surface area contributed by atoms with Crippen LogP contribution in [0.15, 0.2) is 41.4 Å². The Morgan fingerprint density at radius 2 is 1.79 bits per heavy atom. The molecule has 2 aliphatic heterocycles. The maximum Gasteiger partial charge on any atom is 0.400 e. The van der Waals surface area contributed by atoms with Crippen LogP contribution in [0.1, 0.15) is 33.5 Å². The summed E-state index contributed by atoms with van der Waals surface area (Å²) in [5.74, 6) is -0.343. The van der Waals surface area contributed by atoms with Gasteiger partial charge in [-0.3, -0.25) is 9.79 Å². The second-order valence-corrected chi connectivity index (χ2v) is 11.9. The van der Waals surface area contributed by atoms with E-state index >= 15 is 0 Å². The average Bonchev–Trinajstić information content (AvgIpc) is 3.16. The summed E-state index contributed by atoms with van der Waals surface area (Å²) in [4.78, 5) is 16.7. The standard InChI is InChI=1S/C23H21Cl2F3N2O3S/c1-13-4-15(2-3-19(13)21(31)29-9-14-10-34(32,33)11-14)20-8-22(12-30-20,23(26,27)28)16-5-17(24)7-18(25)6-16/h2-7,14H,8-12H2,1H3,(H,29,31). The van der Waals surface area contributed by atoms with Crippen molar-refractivity contribution in [3.63, 3.8) is 0 Å². The van der Waals surface area contributed by atoms with Crippen molar-refractivity contribution in [2.45, 2.75) is 24.9 Å². The minimum absolute atomic E-state index is 0.0398. The van der Waals surface area contributed by atoms with Gasteiger partial charge in [0.15, 0.2) is 9.84 Å². The number of carbonyl (C=O) groups excluding carboxylic acids is 1. The molecule has 1 amide bonds. The van der Waals surface area contributed by atoms with E-state index in [4.69, 9.17) is 23.2 Å². The number of rotatable bonds is 5. The Balaban J connectivity index is 1.52. The molecule has 0 aliphatic carbocycles. The Hall–Kier alpha value is -2.10. The van der Waals surface area contributed by atoms with Crippen molar-refractivity contribution in [1.29, 1.82) is 0 Å². The quantitative estimate of drug-likeness (QED) is 0.602. The third kappa shape index (κ3) is 4.83. The fourth-order valence-corrected chi connectivity index (χ4v) is 6.52. The van der Waals surface area contributed by atoms with Crippen molar-refractivity contribution in [1.82, 2.24) is 5.32 Å². The molecule has 1 N–H and O–H groups in total. The predicted octanol–water partition coefficient (Wildman–Crippen LogP) is 4.77. The lowest BCUT2D eigenvalue weighted by Crippen LogP contribution is -2.44. The molecule has 1 saturated heterocycles. The smallest absolute Gasteiger partial charge is 0.352 e. The third-order valence-electron chi connectivity index (χ3n) is 6.30. The molecule has 11 heteroatoms. The number of hydrogen-bond acceptors (Lipinski definition) is 4. The van der Waals surface area contributed by atoms with E-state index in [-0.39, 0.29) is 57.6 Å². The zero-order valence-corrected chi connectivity index (χ0v) is 20.4. The molecule has 0 radical (unpaired) electrons. The van der Waals surface area contributed by atoms with Gasteiger partial charge in [0, 0.05) is 40.2 Å². The van der Waals surface area contributed by atoms with E-state index in [1.807, 2.05) is 0 Å². The van der Waals surface area contributed by atoms with Crippen LogP contribution in [0, 0.1) is 12.8 Å². The van der Waals surface area contributed by atoms with Gasteiger partial charge in [-0.15, -0.1) is 0 Å². The van der Waals surface area contributed by atoms with Crippen molar-refractivity contribution >= 4 is 44.7 Å². The Labute approximate surface area is 205 Å². The molecule has 1 fully saturated rings. The van der Waals surface area contributed by atoms with Crippen LogP contribution in [0.25, 0.3) is 0 Å². The molecule has 1 unspecified atom stereocenters. The summed E-state index contributed by atoms with van der Waals surface area (Å²) in [7, 11) is -2.97. The number of aryl methyl sites for hydroxylation is 1. The lowest BCUT2D eigenvalue weighted by Gasteiger charge is -2.31. The van der Waals surface area contributed by atoms with Gasteiger partial charge in [-0.1, -0.05) is 29.3 Å². The molecule has 4 rings (SSSR count). The van der Waals surface area contributed by atoms with Crippen molar-refractivity contribution in [3.8, 4) is 0 Å². The zero-order valence-electron chi connectivity index (χ0n) is 18.0. The average molecular weight is 533 g/mol. The lowest BCUT2D eigenvalue weighted by atomic mass is 9.76. The Bertz CT molecular complexity index is 1260. The topological polar surface area (TPSA) is 75.6 Å². The highest BCUT2D eigenvalue weighted by molar-refractivity contribution is 7.92. The number of halogens is 5. The lowest BCUT2D eigenvalue weighted by molar-refractivity contribution is -0.183. The number of benzene rings is 2. The first kappa shape index (κ1) is 25.0. The minimum atomic E-state index is -4.59. The number of aliphatic imine (C=N–C) groups is 1. The maximum absolute atomic E-state index is 14.3. The van der Waals surface area contributed by atoms with Gasteiger partial charge < -0.3 is 5.32 Å². The second-order valence-electron chi connectivity index (χ2n) is 8.86. The van der Waals surface area contributed by atoms with Crippen molar-refractivity contribution < 1.29 is 26.4 Å². The van der Waals surface area contributed by atoms with E-state index in [2.05, 4.69) is 10.3 Å². The molecule has 0 aromatic heterocycles. The molecule has 1 atom stereocenters. The van der Waals surface area contributed by atoms with E-state index in [9.17, 15) is 26.4 Å². The molecular formula is C23H21Cl2F3N2O3S. The SMILES string of the molecule is Cc1cc(C2=NCC(c3cc(Cl)cc(Cl)c3)(C(F)(F)F)C2)ccc1C(=O)NCC1CS(=O)(=O)C1. The van der Waals surface area contributed by atoms with E-state index in [0.29, 0.717) is 16.7 Å². The fourth-order valence-electron chi connectivity index (χ4n) is 4.42. The molecule has 0 saturated carbocycles. The third-order valence-corrected chi connectivity index (χ3v) is 8.70. The molecule has 2 aromatic rings. The monoisotopic (exact) mass is 532 g/mol. The van der Waals surface area contributed by atoms with Crippen LogP contribution in [-0.4, -0.2) is 50.8 Å². The summed E-state index contributed by atoms with van der Waals surface area (Å²) >= 11 is 12.0. The number of sulfone groups is 1. The first-order valence-electron chi connectivity index (χ1n) is 10.5. The molecule has 0 spiro atoms. The first-order valence-corrected chi connectivity index (χ1v) is 13.0. The number of carbonyl (C=O) groups is 1. The van der Waals surface area contributed by atoms with Crippen LogP contribution in [-0.2, 0) is 15.3 Å². The molecule has 2 heterocycles. The second kappa shape index (κ2) is 8.84. The van der Waals surface area contributed by atoms with Crippen molar-refractivity contribution in [2.75, 3.05) is 24.6 Å². The van der Waals surface area contributed by atoms with Crippen LogP contribution in [0.4, 0.5) is 13.2 Å². The molecule has 2 aromatic carbocycles. The van der Waals surface area contributed by atoms with E-state index in [1.54, 1.807) is 25.1 Å². The molecule has 0 bridgehead atoms. The number of amides is 1. The van der Waals surface area contributed by atoms with Gasteiger partial charge in [0.25, 0.3) is 5.91 Å². The highest BCUT2D eigenvalue weighted by Gasteiger charge is 2.58. The van der Waals surface area contributed by atoms with Gasteiger partial charge in [0.2, 0.25) is 0 Å². The number of nitrogens with zero attached hydrogens (tertiary/aromatic N) is 1. The van der Waals surface area contributed by atoms with Gasteiger partial charge in [-0.2, -0.15) is 13.2 Å². The normalized spacial score (nSPS) is 22.2. The van der Waals surface area contributed by atoms with Crippen LogP contribution < -0.4 is 5.32 Å². The van der Waals surface area contributed by atoms with Crippen LogP contribution in [0.5, 0.6) is 0 Å². The van der Waals surface area contributed by atoms with Crippen molar-refractivity contribution in [3.05, 3.63) is 68.7 Å². The van der Waals surface area contributed by atoms with Crippen molar-refractivity contribution in [2.24, 2.45) is 10.9 Å². The van der Waals surface area contributed by atoms with Gasteiger partial charge in [0.1, 0.15) is 5.41 Å². The van der Waals surface area contributed by atoms with Gasteiger partial charge in [0.05, 0.1) is 18.1 Å². The van der Waals surface area contributed by atoms with Crippen LogP contribution in [0.2, 0.25) is 10.0 Å². The maximum atomic E-state index is 14.3. The minimum Gasteiger partial charge on any atom is -0.352 e. The molecule has 5 nitrogen and oxygen atoms in total. The van der Waals surface area contributed by atoms with Gasteiger partial charge in [-0.05, 0) is 53.9 Å². The highest BCUT2D eigenvalue weighted by atomic mass is 35.5. The van der Waals surface area contributed by atoms with Crippen LogP contribution in [0.3, 0.4) is 0 Å². The number of nitrogens with one attached hydrogen (secondary N) is 1. The Kier molecular flexibility index (Phi) is 6.50. The van der Waals surface area contributed by atoms with E-state index < -0.39 is 28.0 Å². The summed E-state index contributed by atoms with van der Waals surface area (Å²) in [5.41, 5.74) is -0.560. The van der Waals surface area contributed by atoms with Gasteiger partial charge >= 0.3 is 6.18 Å². The molecule has 2 aliphatic rings. The first-order chi connectivity index (χ1) is 15.8. The fraction of sp³-hybridized carbons (Fsp3) is 0.391. The summed E-state index contributed by atoms with van der Waals surface area (Å²) in [6.45, 7) is 1.45. The molecular weight excluding hydrogens is 512 g/mol. The van der Waals surface area contributed by atoms with Crippen LogP contribution >= 0.6 is 23.2 Å². The molecule has 182 valence electrons. The Morgan fingerprint density at radius 1 is 1.15 bits per heavy atom. The van der Waals surface area contributed by atoms with E-state index in [0.717, 1.165) is 0 Å². The summed E-state index contributed by atoms with van der Waals surface area (Å²) in [6.07, 6.45) is -4.97. The van der Waals surface area contributed by atoms with Gasteiger partial charge in [-0.25, -0.2) is 8.42 Å². The zero-order chi connectivity index (χ0) is 24.9. The number of alkyl halides is 3. The number of hydrogen-bond donors (Lipinski definition) is 1. The summed E-state index contributed by atoms with van der Waals surface area (Å²) in [5, 5.41) is 2.96. The summed E-state index contributed by atoms with van der Waals surface area (Å²) in [6, 6.07) is 8.68.